The van der Waals surface area contributed by atoms with E-state index < -0.39 is 57.5 Å². The van der Waals surface area contributed by atoms with Crippen LogP contribution in [0.1, 0.15) is 40.9 Å². The summed E-state index contributed by atoms with van der Waals surface area (Å²) in [7, 11) is -5.31. The molecule has 1 unspecified atom stereocenters. The Morgan fingerprint density at radius 2 is 2.03 bits per heavy atom. The number of carbonyl (C=O) groups excluding carboxylic acids is 1. The van der Waals surface area contributed by atoms with E-state index in [2.05, 4.69) is 0 Å². The number of nitrogens with zero attached hydrogens (tertiary/aromatic N) is 1. The lowest BCUT2D eigenvalue weighted by atomic mass is 9.79. The Labute approximate surface area is 209 Å². The summed E-state index contributed by atoms with van der Waals surface area (Å²) < 4.78 is 113. The smallest absolute Gasteiger partial charge is 0.380 e. The Hall–Kier alpha value is -2.57. The summed E-state index contributed by atoms with van der Waals surface area (Å²) in [5.41, 5.74) is -7.80. The maximum Gasteiger partial charge on any atom is 0.492 e. The first-order valence-corrected chi connectivity index (χ1v) is 12.7. The summed E-state index contributed by atoms with van der Waals surface area (Å²) in [5.74, 6) is -2.57. The van der Waals surface area contributed by atoms with Crippen LogP contribution in [0.5, 0.6) is 0 Å². The molecule has 2 aromatic rings. The van der Waals surface area contributed by atoms with Crippen molar-refractivity contribution in [2.75, 3.05) is 6.54 Å². The van der Waals surface area contributed by atoms with Crippen LogP contribution in [0.25, 0.3) is 11.1 Å². The first kappa shape index (κ1) is 22.6. The summed E-state index contributed by atoms with van der Waals surface area (Å²) in [4.78, 5) is 14.2. The Bertz CT molecular complexity index is 1380. The van der Waals surface area contributed by atoms with E-state index in [9.17, 15) is 31.7 Å². The van der Waals surface area contributed by atoms with Gasteiger partial charge in [0.1, 0.15) is 17.2 Å². The number of likely N-dealkylation sites (tertiary alicyclic amines) is 1. The van der Waals surface area contributed by atoms with Crippen molar-refractivity contribution in [2.45, 2.75) is 62.1 Å². The third-order valence-corrected chi connectivity index (χ3v) is 8.03. The van der Waals surface area contributed by atoms with E-state index >= 15 is 4.39 Å². The number of rotatable bonds is 6. The van der Waals surface area contributed by atoms with E-state index in [-0.39, 0.29) is 54.5 Å². The van der Waals surface area contributed by atoms with Crippen LogP contribution in [0, 0.1) is 23.3 Å². The number of carbonyl (C=O) groups is 1. The van der Waals surface area contributed by atoms with Crippen LogP contribution < -0.4 is 4.72 Å². The third kappa shape index (κ3) is 4.98. The molecule has 1 amide bonds. The lowest BCUT2D eigenvalue weighted by Crippen LogP contribution is -2.57. The van der Waals surface area contributed by atoms with Gasteiger partial charge in [0.15, 0.2) is 0 Å². The van der Waals surface area contributed by atoms with E-state index in [4.69, 9.17) is 8.89 Å². The summed E-state index contributed by atoms with van der Waals surface area (Å²) in [6.45, 7) is -2.79. The van der Waals surface area contributed by atoms with Crippen LogP contribution in [0.3, 0.4) is 0 Å². The zero-order chi connectivity index (χ0) is 29.0. The number of aryl methyl sites for hydroxylation is 1. The number of nitrogens with one attached hydrogen (secondary N) is 2. The quantitative estimate of drug-likeness (QED) is 0.479. The van der Waals surface area contributed by atoms with Crippen molar-refractivity contribution in [3.8, 4) is 11.1 Å². The molecule has 0 spiro atoms. The first-order valence-electron chi connectivity index (χ1n) is 12.7. The molecule has 0 radical (unpaired) electrons. The topological polar surface area (TPSA) is 93.5 Å². The predicted octanol–water partition coefficient (Wildman–Crippen LogP) is 4.44. The Kier molecular flexibility index (Phi) is 5.89. The number of alkyl halides is 3. The van der Waals surface area contributed by atoms with Gasteiger partial charge < -0.3 is 10.0 Å². The molecule has 36 heavy (non-hydrogen) atoms. The maximum atomic E-state index is 15.8. The molecule has 1 saturated carbocycles. The SMILES string of the molecule is [2H]C([2H])([2H])c1cc(F)cc(-c2cccc(C[C@H]3[C@@H](NS(=N)(=O)C(F)(F)F)CCN3C(=O)C3(O)CCC3)c2F)c1. The zero-order valence-corrected chi connectivity index (χ0v) is 19.7. The van der Waals surface area contributed by atoms with Crippen molar-refractivity contribution in [1.82, 2.24) is 9.62 Å². The van der Waals surface area contributed by atoms with Crippen molar-refractivity contribution in [2.24, 2.45) is 0 Å². The molecule has 12 heteroatoms. The fraction of sp³-hybridized carbons (Fsp3) is 0.458. The van der Waals surface area contributed by atoms with Gasteiger partial charge in [0, 0.05) is 22.3 Å². The molecular formula is C24H26F5N3O3S. The van der Waals surface area contributed by atoms with Crippen LogP contribution in [-0.4, -0.2) is 49.9 Å². The van der Waals surface area contributed by atoms with Gasteiger partial charge in [0.25, 0.3) is 5.91 Å². The Balaban J connectivity index is 1.71. The van der Waals surface area contributed by atoms with Gasteiger partial charge in [-0.15, -0.1) is 0 Å². The van der Waals surface area contributed by atoms with Gasteiger partial charge >= 0.3 is 5.51 Å². The molecule has 1 heterocycles. The molecule has 3 N–H and O–H groups in total. The van der Waals surface area contributed by atoms with Crippen molar-refractivity contribution < 1.29 is 40.2 Å². The van der Waals surface area contributed by atoms with E-state index in [0.717, 1.165) is 23.1 Å². The van der Waals surface area contributed by atoms with Crippen molar-refractivity contribution >= 4 is 15.8 Å². The summed E-state index contributed by atoms with van der Waals surface area (Å²) in [5, 5.41) is 10.6. The second-order valence-electron chi connectivity index (χ2n) is 9.18. The fourth-order valence-electron chi connectivity index (χ4n) is 4.70. The highest BCUT2D eigenvalue weighted by atomic mass is 32.2. The molecule has 1 saturated heterocycles. The van der Waals surface area contributed by atoms with Gasteiger partial charge in [-0.05, 0) is 67.8 Å². The molecule has 196 valence electrons. The van der Waals surface area contributed by atoms with Crippen molar-refractivity contribution in [3.63, 3.8) is 0 Å². The highest BCUT2D eigenvalue weighted by Gasteiger charge is 2.51. The molecule has 2 aliphatic rings. The van der Waals surface area contributed by atoms with Gasteiger partial charge in [-0.2, -0.15) is 13.2 Å². The van der Waals surface area contributed by atoms with E-state index in [1.807, 2.05) is 0 Å². The highest BCUT2D eigenvalue weighted by Crippen LogP contribution is 2.37. The van der Waals surface area contributed by atoms with E-state index in [0.29, 0.717) is 6.42 Å². The molecule has 2 fully saturated rings. The Morgan fingerprint density at radius 1 is 1.31 bits per heavy atom. The van der Waals surface area contributed by atoms with Crippen LogP contribution in [-0.2, 0) is 21.1 Å². The molecule has 6 nitrogen and oxygen atoms in total. The largest absolute Gasteiger partial charge is 0.492 e. The number of benzene rings is 2. The minimum absolute atomic E-state index is 0.0791. The minimum Gasteiger partial charge on any atom is -0.380 e. The molecule has 4 rings (SSSR count). The van der Waals surface area contributed by atoms with Gasteiger partial charge in [0.2, 0.25) is 9.92 Å². The normalized spacial score (nSPS) is 24.8. The standard InChI is InChI=1S/C24H26F5N3O3S/c1-14-10-16(12-17(25)11-14)18-5-2-4-15(21(18)26)13-20-19(31-36(30,35)24(27,28)29)6-9-32(20)22(33)23(34)7-3-8-23/h2,4-5,10-12,19-20,34H,3,6-9,13H2,1H3,(H2,30,31,35)/t19-,20-,36?/m0/s1/i1D3. The first-order chi connectivity index (χ1) is 17.9. The number of aliphatic hydroxyl groups is 1. The van der Waals surface area contributed by atoms with Crippen LogP contribution in [0.15, 0.2) is 36.4 Å². The minimum atomic E-state index is -5.40. The monoisotopic (exact) mass is 534 g/mol. The van der Waals surface area contributed by atoms with Crippen molar-refractivity contribution in [1.29, 1.82) is 4.78 Å². The maximum absolute atomic E-state index is 15.8. The second kappa shape index (κ2) is 9.38. The lowest BCUT2D eigenvalue weighted by Gasteiger charge is -2.40. The van der Waals surface area contributed by atoms with Gasteiger partial charge in [0.05, 0.1) is 6.04 Å². The summed E-state index contributed by atoms with van der Waals surface area (Å²) in [6, 6.07) is 4.31. The van der Waals surface area contributed by atoms with Gasteiger partial charge in [-0.1, -0.05) is 24.3 Å². The average Bonchev–Trinajstić information content (AvgIpc) is 3.17. The van der Waals surface area contributed by atoms with Crippen LogP contribution >= 0.6 is 0 Å². The number of amides is 1. The van der Waals surface area contributed by atoms with Gasteiger partial charge in [-0.3, -0.25) is 4.79 Å². The highest BCUT2D eigenvalue weighted by molar-refractivity contribution is 7.91. The molecule has 0 bridgehead atoms. The van der Waals surface area contributed by atoms with Crippen LogP contribution in [0.4, 0.5) is 22.0 Å². The predicted molar refractivity (Wildman–Crippen MR) is 123 cm³/mol. The second-order valence-corrected chi connectivity index (χ2v) is 11.0. The molecule has 2 aromatic carbocycles. The summed E-state index contributed by atoms with van der Waals surface area (Å²) >= 11 is 0. The summed E-state index contributed by atoms with van der Waals surface area (Å²) in [6.07, 6.45) is 0.361. The van der Waals surface area contributed by atoms with E-state index in [1.165, 1.54) is 18.2 Å². The van der Waals surface area contributed by atoms with Crippen molar-refractivity contribution in [3.05, 3.63) is 59.2 Å². The molecule has 0 aromatic heterocycles. The third-order valence-electron chi connectivity index (χ3n) is 6.75. The van der Waals surface area contributed by atoms with Gasteiger partial charge in [-0.25, -0.2) is 22.5 Å². The van der Waals surface area contributed by atoms with E-state index in [1.54, 1.807) is 4.72 Å². The number of hydrogen-bond donors (Lipinski definition) is 3. The zero-order valence-electron chi connectivity index (χ0n) is 21.9. The molecule has 1 aliphatic carbocycles. The molecule has 1 aliphatic heterocycles. The number of halogens is 5. The van der Waals surface area contributed by atoms with Crippen LogP contribution in [0.2, 0.25) is 0 Å². The molecular weight excluding hydrogens is 505 g/mol. The lowest BCUT2D eigenvalue weighted by molar-refractivity contribution is -0.161. The Morgan fingerprint density at radius 3 is 2.64 bits per heavy atom. The average molecular weight is 535 g/mol. The number of hydrogen-bond acceptors (Lipinski definition) is 4. The fourth-order valence-corrected chi connectivity index (χ4v) is 5.53. The molecule has 3 atom stereocenters.